The Bertz CT molecular complexity index is 818. The molecular formula is C15H19N5O4. The number of rotatable bonds is 2. The van der Waals surface area contributed by atoms with E-state index in [2.05, 4.69) is 27.2 Å². The zero-order valence-corrected chi connectivity index (χ0v) is 13.1. The number of nitrogens with one attached hydrogen (secondary N) is 2. The summed E-state index contributed by atoms with van der Waals surface area (Å²) in [6.45, 7) is 5.55. The largest absolute Gasteiger partial charge is 0.394 e. The van der Waals surface area contributed by atoms with Gasteiger partial charge in [-0.1, -0.05) is 6.58 Å². The van der Waals surface area contributed by atoms with Crippen LogP contribution < -0.4 is 10.6 Å². The monoisotopic (exact) mass is 333 g/mol. The van der Waals surface area contributed by atoms with E-state index in [0.717, 1.165) is 16.8 Å². The maximum absolute atomic E-state index is 10.7. The molecule has 0 bridgehead atoms. The van der Waals surface area contributed by atoms with Gasteiger partial charge in [0, 0.05) is 11.9 Å². The lowest BCUT2D eigenvalue weighted by Gasteiger charge is -2.27. The lowest BCUT2D eigenvalue weighted by Crippen LogP contribution is -2.44. The van der Waals surface area contributed by atoms with E-state index in [1.165, 1.54) is 13.3 Å². The van der Waals surface area contributed by atoms with E-state index in [4.69, 9.17) is 4.74 Å². The second-order valence-corrected chi connectivity index (χ2v) is 6.33. The summed E-state index contributed by atoms with van der Waals surface area (Å²) in [5, 5.41) is 37.4. The molecule has 0 radical (unpaired) electrons. The zero-order chi connectivity index (χ0) is 17.1. The number of nitrogens with zero attached hydrogens (tertiary/aromatic N) is 3. The van der Waals surface area contributed by atoms with E-state index in [-0.39, 0.29) is 0 Å². The molecule has 0 unspecified atom stereocenters. The number of hydrogen-bond donors (Lipinski definition) is 5. The van der Waals surface area contributed by atoms with Gasteiger partial charge in [-0.05, 0) is 6.92 Å². The van der Waals surface area contributed by atoms with Crippen molar-refractivity contribution in [2.24, 2.45) is 0 Å². The van der Waals surface area contributed by atoms with Gasteiger partial charge in [0.05, 0.1) is 24.2 Å². The molecule has 1 fully saturated rings. The fourth-order valence-corrected chi connectivity index (χ4v) is 3.31. The van der Waals surface area contributed by atoms with Gasteiger partial charge in [0.25, 0.3) is 0 Å². The summed E-state index contributed by atoms with van der Waals surface area (Å²) >= 11 is 0. The third-order valence-electron chi connectivity index (χ3n) is 4.58. The van der Waals surface area contributed by atoms with Gasteiger partial charge in [0.15, 0.2) is 6.23 Å². The van der Waals surface area contributed by atoms with Crippen molar-refractivity contribution in [2.75, 3.05) is 23.8 Å². The summed E-state index contributed by atoms with van der Waals surface area (Å²) < 4.78 is 7.33. The first-order chi connectivity index (χ1) is 11.4. The summed E-state index contributed by atoms with van der Waals surface area (Å²) in [5.41, 5.74) is 0.452. The van der Waals surface area contributed by atoms with Gasteiger partial charge in [0.2, 0.25) is 0 Å². The highest BCUT2D eigenvalue weighted by Gasteiger charge is 2.53. The van der Waals surface area contributed by atoms with E-state index < -0.39 is 30.6 Å². The van der Waals surface area contributed by atoms with Crippen molar-refractivity contribution >= 4 is 22.5 Å². The number of ether oxygens (including phenoxy) is 1. The maximum atomic E-state index is 10.7. The van der Waals surface area contributed by atoms with Crippen LogP contribution in [0.4, 0.5) is 11.5 Å². The Labute approximate surface area is 137 Å². The standard InChI is InChI=1S/C15H19N5O4/c1-7-3-16-12-10-8(19-7)4-20(13(10)18-6-17-12)14-15(2,23)11(22)9(5-21)24-14/h4,6,9,11,14,19,21-23H,1,3,5H2,2H3,(H,16,17,18)/t9-,11-,14-,15-/m1/s1. The van der Waals surface area contributed by atoms with Gasteiger partial charge < -0.3 is 35.3 Å². The Kier molecular flexibility index (Phi) is 3.29. The highest BCUT2D eigenvalue weighted by atomic mass is 16.6. The first-order valence-corrected chi connectivity index (χ1v) is 7.64. The summed E-state index contributed by atoms with van der Waals surface area (Å²) in [4.78, 5) is 8.55. The highest BCUT2D eigenvalue weighted by Crippen LogP contribution is 2.42. The van der Waals surface area contributed by atoms with Crippen molar-refractivity contribution in [3.63, 3.8) is 0 Å². The maximum Gasteiger partial charge on any atom is 0.167 e. The molecule has 0 saturated carbocycles. The molecule has 2 aliphatic rings. The Morgan fingerprint density at radius 1 is 1.50 bits per heavy atom. The second-order valence-electron chi connectivity index (χ2n) is 6.33. The Morgan fingerprint density at radius 2 is 2.29 bits per heavy atom. The van der Waals surface area contributed by atoms with Crippen LogP contribution in [0.15, 0.2) is 24.8 Å². The summed E-state index contributed by atoms with van der Waals surface area (Å²) in [7, 11) is 0. The predicted octanol–water partition coefficient (Wildman–Crippen LogP) is -0.216. The first-order valence-electron chi connectivity index (χ1n) is 7.64. The van der Waals surface area contributed by atoms with Crippen LogP contribution in [0.1, 0.15) is 13.2 Å². The van der Waals surface area contributed by atoms with Crippen LogP contribution in [-0.4, -0.2) is 60.8 Å². The summed E-state index contributed by atoms with van der Waals surface area (Å²) in [5.74, 6) is 0.650. The van der Waals surface area contributed by atoms with Crippen molar-refractivity contribution in [2.45, 2.75) is 31.0 Å². The fraction of sp³-hybridized carbons (Fsp3) is 0.467. The lowest BCUT2D eigenvalue weighted by molar-refractivity contribution is -0.0947. The number of anilines is 2. The molecule has 0 aromatic carbocycles. The lowest BCUT2D eigenvalue weighted by atomic mass is 9.96. The second kappa shape index (κ2) is 5.15. The molecule has 24 heavy (non-hydrogen) atoms. The molecule has 9 heteroatoms. The van der Waals surface area contributed by atoms with Gasteiger partial charge in [-0.25, -0.2) is 9.97 Å². The van der Waals surface area contributed by atoms with Gasteiger partial charge in [-0.2, -0.15) is 0 Å². The molecule has 0 amide bonds. The van der Waals surface area contributed by atoms with Gasteiger partial charge in [-0.15, -0.1) is 0 Å². The van der Waals surface area contributed by atoms with Crippen LogP contribution in [0.25, 0.3) is 11.0 Å². The summed E-state index contributed by atoms with van der Waals surface area (Å²) in [6.07, 6.45) is 0.165. The predicted molar refractivity (Wildman–Crippen MR) is 86.4 cm³/mol. The molecular weight excluding hydrogens is 314 g/mol. The number of aliphatic hydroxyl groups excluding tert-OH is 2. The van der Waals surface area contributed by atoms with Crippen molar-refractivity contribution in [1.82, 2.24) is 14.5 Å². The molecule has 2 aromatic rings. The average Bonchev–Trinajstić information content (AvgIpc) is 2.95. The Morgan fingerprint density at radius 3 is 3.00 bits per heavy atom. The minimum atomic E-state index is -1.59. The molecule has 5 N–H and O–H groups in total. The van der Waals surface area contributed by atoms with E-state index in [1.54, 1.807) is 10.8 Å². The van der Waals surface area contributed by atoms with Crippen LogP contribution in [0.2, 0.25) is 0 Å². The Hall–Kier alpha value is -2.20. The average molecular weight is 333 g/mol. The number of hydrogen-bond acceptors (Lipinski definition) is 8. The van der Waals surface area contributed by atoms with Crippen LogP contribution in [0.5, 0.6) is 0 Å². The van der Waals surface area contributed by atoms with Crippen molar-refractivity contribution in [3.05, 3.63) is 24.8 Å². The van der Waals surface area contributed by atoms with Crippen molar-refractivity contribution in [3.8, 4) is 0 Å². The topological polar surface area (TPSA) is 125 Å². The molecule has 1 saturated heterocycles. The van der Waals surface area contributed by atoms with Crippen LogP contribution in [0, 0.1) is 0 Å². The van der Waals surface area contributed by atoms with Crippen LogP contribution in [0.3, 0.4) is 0 Å². The molecule has 9 nitrogen and oxygen atoms in total. The van der Waals surface area contributed by atoms with Gasteiger partial charge >= 0.3 is 0 Å². The zero-order valence-electron chi connectivity index (χ0n) is 13.1. The smallest absolute Gasteiger partial charge is 0.167 e. The SMILES string of the molecule is C=C1CNc2ncnc3c2c(cn3[C@@H]2O[C@H](CO)[C@@H](O)[C@@]2(C)O)N1. The van der Waals surface area contributed by atoms with Crippen LogP contribution in [-0.2, 0) is 4.74 Å². The normalized spacial score (nSPS) is 32.5. The Balaban J connectivity index is 1.88. The van der Waals surface area contributed by atoms with Crippen LogP contribution >= 0.6 is 0 Å². The van der Waals surface area contributed by atoms with Gasteiger partial charge in [0.1, 0.15) is 35.6 Å². The number of aromatic nitrogens is 3. The van der Waals surface area contributed by atoms with E-state index in [0.29, 0.717) is 18.0 Å². The molecule has 4 heterocycles. The van der Waals surface area contributed by atoms with E-state index >= 15 is 0 Å². The van der Waals surface area contributed by atoms with E-state index in [9.17, 15) is 15.3 Å². The fourth-order valence-electron chi connectivity index (χ4n) is 3.31. The quantitative estimate of drug-likeness (QED) is 0.511. The van der Waals surface area contributed by atoms with E-state index in [1.807, 2.05) is 0 Å². The molecule has 0 spiro atoms. The molecule has 4 rings (SSSR count). The van der Waals surface area contributed by atoms with Gasteiger partial charge in [-0.3, -0.25) is 0 Å². The minimum absolute atomic E-state index is 0.392. The molecule has 2 aromatic heterocycles. The first kappa shape index (κ1) is 15.3. The third-order valence-corrected chi connectivity index (χ3v) is 4.58. The molecule has 4 atom stereocenters. The molecule has 2 aliphatic heterocycles. The third kappa shape index (κ3) is 2.02. The van der Waals surface area contributed by atoms with Crippen molar-refractivity contribution in [1.29, 1.82) is 0 Å². The molecule has 128 valence electrons. The van der Waals surface area contributed by atoms with Crippen molar-refractivity contribution < 1.29 is 20.1 Å². The summed E-state index contributed by atoms with van der Waals surface area (Å²) in [6, 6.07) is 0. The molecule has 0 aliphatic carbocycles. The number of aliphatic hydroxyl groups is 3. The minimum Gasteiger partial charge on any atom is -0.394 e. The highest BCUT2D eigenvalue weighted by molar-refractivity contribution is 6.00.